The molecule has 0 unspecified atom stereocenters. The summed E-state index contributed by atoms with van der Waals surface area (Å²) in [5.74, 6) is 0.344. The number of para-hydroxylation sites is 1. The van der Waals surface area contributed by atoms with E-state index in [0.29, 0.717) is 39.6 Å². The second-order valence-corrected chi connectivity index (χ2v) is 6.44. The summed E-state index contributed by atoms with van der Waals surface area (Å²) in [7, 11) is 1.34. The van der Waals surface area contributed by atoms with E-state index in [4.69, 9.17) is 9.15 Å². The molecule has 0 aliphatic carbocycles. The molecule has 2 aromatic carbocycles. The van der Waals surface area contributed by atoms with Crippen LogP contribution in [0, 0.1) is 0 Å². The van der Waals surface area contributed by atoms with Crippen LogP contribution in [0.5, 0.6) is 0 Å². The van der Waals surface area contributed by atoms with Crippen molar-refractivity contribution >= 4 is 29.4 Å². The van der Waals surface area contributed by atoms with Crippen molar-refractivity contribution in [1.29, 1.82) is 0 Å². The van der Waals surface area contributed by atoms with Gasteiger partial charge in [-0.25, -0.2) is 4.79 Å². The molecule has 6 nitrogen and oxygen atoms in total. The van der Waals surface area contributed by atoms with Crippen molar-refractivity contribution in [3.8, 4) is 11.3 Å². The van der Waals surface area contributed by atoms with Crippen LogP contribution in [0.4, 0.5) is 5.69 Å². The van der Waals surface area contributed by atoms with Crippen LogP contribution < -0.4 is 5.01 Å². The van der Waals surface area contributed by atoms with E-state index in [0.717, 1.165) is 0 Å². The maximum atomic E-state index is 12.8. The van der Waals surface area contributed by atoms with Crippen molar-refractivity contribution in [3.05, 3.63) is 83.6 Å². The summed E-state index contributed by atoms with van der Waals surface area (Å²) in [6, 6.07) is 19.8. The van der Waals surface area contributed by atoms with Gasteiger partial charge in [-0.15, -0.1) is 0 Å². The number of hydrogen-bond donors (Lipinski definition) is 0. The molecule has 0 saturated carbocycles. The predicted molar refractivity (Wildman–Crippen MR) is 110 cm³/mol. The molecule has 2 heterocycles. The van der Waals surface area contributed by atoms with Gasteiger partial charge in [0.1, 0.15) is 11.5 Å². The Morgan fingerprint density at radius 2 is 1.76 bits per heavy atom. The number of benzene rings is 2. The van der Waals surface area contributed by atoms with Crippen LogP contribution in [-0.4, -0.2) is 24.7 Å². The number of carbonyl (C=O) groups excluding carboxylic acids is 2. The predicted octanol–water partition coefficient (Wildman–Crippen LogP) is 4.54. The Morgan fingerprint density at radius 3 is 2.52 bits per heavy atom. The third kappa shape index (κ3) is 3.48. The number of furan rings is 1. The van der Waals surface area contributed by atoms with Crippen molar-refractivity contribution < 1.29 is 18.7 Å². The number of nitrogens with zero attached hydrogens (tertiary/aromatic N) is 2. The molecule has 1 aromatic heterocycles. The van der Waals surface area contributed by atoms with E-state index in [9.17, 15) is 9.59 Å². The summed E-state index contributed by atoms with van der Waals surface area (Å²) in [4.78, 5) is 24.8. The van der Waals surface area contributed by atoms with Crippen molar-refractivity contribution in [2.45, 2.75) is 6.92 Å². The average molecular weight is 386 g/mol. The van der Waals surface area contributed by atoms with Crippen molar-refractivity contribution in [2.24, 2.45) is 5.10 Å². The Kier molecular flexibility index (Phi) is 4.83. The summed E-state index contributed by atoms with van der Waals surface area (Å²) in [6.45, 7) is 1.78. The van der Waals surface area contributed by atoms with Crippen LogP contribution in [0.15, 0.2) is 81.8 Å². The normalized spacial score (nSPS) is 15.0. The number of hydrogen-bond acceptors (Lipinski definition) is 5. The minimum absolute atomic E-state index is 0.221. The Balaban J connectivity index is 1.65. The maximum absolute atomic E-state index is 12.8. The lowest BCUT2D eigenvalue weighted by Gasteiger charge is -2.10. The van der Waals surface area contributed by atoms with Crippen LogP contribution in [0.1, 0.15) is 23.0 Å². The number of esters is 1. The molecule has 29 heavy (non-hydrogen) atoms. The monoisotopic (exact) mass is 386 g/mol. The lowest BCUT2D eigenvalue weighted by atomic mass is 10.1. The maximum Gasteiger partial charge on any atom is 0.338 e. The van der Waals surface area contributed by atoms with Crippen molar-refractivity contribution in [2.75, 3.05) is 12.1 Å². The number of carbonyl (C=O) groups is 2. The van der Waals surface area contributed by atoms with Gasteiger partial charge >= 0.3 is 5.97 Å². The first-order valence-corrected chi connectivity index (χ1v) is 9.03. The Labute approximate surface area is 167 Å². The van der Waals surface area contributed by atoms with Gasteiger partial charge in [-0.1, -0.05) is 36.4 Å². The summed E-state index contributed by atoms with van der Waals surface area (Å²) in [5, 5.41) is 5.73. The van der Waals surface area contributed by atoms with E-state index in [1.165, 1.54) is 12.1 Å². The summed E-state index contributed by atoms with van der Waals surface area (Å²) in [6.07, 6.45) is 1.66. The van der Waals surface area contributed by atoms with Gasteiger partial charge in [0.2, 0.25) is 0 Å². The van der Waals surface area contributed by atoms with Gasteiger partial charge < -0.3 is 9.15 Å². The summed E-state index contributed by atoms with van der Waals surface area (Å²) < 4.78 is 10.7. The molecule has 0 fully saturated rings. The quantitative estimate of drug-likeness (QED) is 0.487. The van der Waals surface area contributed by atoms with Gasteiger partial charge in [0, 0.05) is 5.56 Å². The SMILES string of the molecule is COC(=O)c1ccccc1-c1ccc(C=C2C(=O)N(c3ccccc3)N=C2C)o1. The van der Waals surface area contributed by atoms with Gasteiger partial charge in [0.05, 0.1) is 29.6 Å². The second kappa shape index (κ2) is 7.59. The van der Waals surface area contributed by atoms with Crippen LogP contribution in [-0.2, 0) is 9.53 Å². The molecule has 4 rings (SSSR count). The molecule has 0 N–H and O–H groups in total. The minimum atomic E-state index is -0.440. The van der Waals surface area contributed by atoms with E-state index in [2.05, 4.69) is 5.10 Å². The van der Waals surface area contributed by atoms with Crippen molar-refractivity contribution in [1.82, 2.24) is 0 Å². The standard InChI is InChI=1S/C23H18N2O4/c1-15-20(22(26)25(24-15)16-8-4-3-5-9-16)14-17-12-13-21(29-17)18-10-6-7-11-19(18)23(27)28-2/h3-14H,1-2H3. The van der Waals surface area contributed by atoms with Gasteiger partial charge in [0.25, 0.3) is 5.91 Å². The highest BCUT2D eigenvalue weighted by Crippen LogP contribution is 2.29. The lowest BCUT2D eigenvalue weighted by Crippen LogP contribution is -2.21. The molecule has 0 spiro atoms. The van der Waals surface area contributed by atoms with Crippen LogP contribution in [0.25, 0.3) is 17.4 Å². The lowest BCUT2D eigenvalue weighted by molar-refractivity contribution is -0.114. The third-order valence-corrected chi connectivity index (χ3v) is 4.57. The smallest absolute Gasteiger partial charge is 0.338 e. The van der Waals surface area contributed by atoms with Crippen LogP contribution >= 0.6 is 0 Å². The molecule has 6 heteroatoms. The van der Waals surface area contributed by atoms with E-state index < -0.39 is 5.97 Å². The number of hydrazone groups is 1. The van der Waals surface area contributed by atoms with E-state index >= 15 is 0 Å². The summed E-state index contributed by atoms with van der Waals surface area (Å²) in [5.41, 5.74) is 2.79. The molecule has 3 aromatic rings. The third-order valence-electron chi connectivity index (χ3n) is 4.57. The van der Waals surface area contributed by atoms with Crippen molar-refractivity contribution in [3.63, 3.8) is 0 Å². The molecule has 1 aliphatic rings. The molecule has 1 aliphatic heterocycles. The fourth-order valence-electron chi connectivity index (χ4n) is 3.13. The number of amides is 1. The van der Waals surface area contributed by atoms with Gasteiger partial charge in [-0.3, -0.25) is 4.79 Å². The molecule has 1 amide bonds. The second-order valence-electron chi connectivity index (χ2n) is 6.44. The average Bonchev–Trinajstić information content (AvgIpc) is 3.34. The highest BCUT2D eigenvalue weighted by atomic mass is 16.5. The molecular formula is C23H18N2O4. The molecule has 144 valence electrons. The minimum Gasteiger partial charge on any atom is -0.465 e. The van der Waals surface area contributed by atoms with Crippen LogP contribution in [0.3, 0.4) is 0 Å². The first-order chi connectivity index (χ1) is 14.1. The highest BCUT2D eigenvalue weighted by Gasteiger charge is 2.29. The van der Waals surface area contributed by atoms with E-state index in [1.807, 2.05) is 36.4 Å². The van der Waals surface area contributed by atoms with Gasteiger partial charge in [-0.05, 0) is 43.3 Å². The zero-order valence-corrected chi connectivity index (χ0v) is 16.0. The van der Waals surface area contributed by atoms with Gasteiger partial charge in [0.15, 0.2) is 0 Å². The van der Waals surface area contributed by atoms with Gasteiger partial charge in [-0.2, -0.15) is 10.1 Å². The Morgan fingerprint density at radius 1 is 1.03 bits per heavy atom. The summed E-state index contributed by atoms with van der Waals surface area (Å²) >= 11 is 0. The fourth-order valence-corrected chi connectivity index (χ4v) is 3.13. The molecule has 0 atom stereocenters. The molecular weight excluding hydrogens is 368 g/mol. The number of ether oxygens (including phenoxy) is 1. The first kappa shape index (κ1) is 18.4. The highest BCUT2D eigenvalue weighted by molar-refractivity contribution is 6.32. The zero-order valence-electron chi connectivity index (χ0n) is 16.0. The Hall–Kier alpha value is -3.93. The largest absolute Gasteiger partial charge is 0.465 e. The number of methoxy groups -OCH3 is 1. The first-order valence-electron chi connectivity index (χ1n) is 9.03. The van der Waals surface area contributed by atoms with Crippen LogP contribution in [0.2, 0.25) is 0 Å². The van der Waals surface area contributed by atoms with E-state index in [1.54, 1.807) is 43.3 Å². The Bertz CT molecular complexity index is 1140. The zero-order chi connectivity index (χ0) is 20.4. The topological polar surface area (TPSA) is 72.1 Å². The number of anilines is 1. The van der Waals surface area contributed by atoms with E-state index in [-0.39, 0.29) is 5.91 Å². The number of rotatable bonds is 4. The molecule has 0 radical (unpaired) electrons. The molecule has 0 bridgehead atoms. The molecule has 0 saturated heterocycles. The fraction of sp³-hybridized carbons (Fsp3) is 0.0870.